The van der Waals surface area contributed by atoms with Gasteiger partial charge in [-0.15, -0.1) is 0 Å². The highest BCUT2D eigenvalue weighted by Gasteiger charge is 2.17. The molecule has 0 radical (unpaired) electrons. The SMILES string of the molecule is C=C/C=C\c1c(C)cccc1-c1cc(C(N)=O)cc(C(=O)N(C)CCCC)c1.CC.CCCO. The molecule has 0 aliphatic heterocycles. The summed E-state index contributed by atoms with van der Waals surface area (Å²) in [4.78, 5) is 26.5. The van der Waals surface area contributed by atoms with Crippen molar-refractivity contribution in [1.29, 1.82) is 0 Å². The quantitative estimate of drug-likeness (QED) is 0.429. The summed E-state index contributed by atoms with van der Waals surface area (Å²) in [5.74, 6) is -0.670. The molecule has 0 aromatic heterocycles. The van der Waals surface area contributed by atoms with Crippen LogP contribution in [-0.4, -0.2) is 42.0 Å². The van der Waals surface area contributed by atoms with Crippen molar-refractivity contribution in [2.24, 2.45) is 5.73 Å². The van der Waals surface area contributed by atoms with E-state index in [0.29, 0.717) is 24.3 Å². The smallest absolute Gasteiger partial charge is 0.253 e. The molecule has 34 heavy (non-hydrogen) atoms. The molecule has 0 heterocycles. The molecule has 0 unspecified atom stereocenters. The van der Waals surface area contributed by atoms with Gasteiger partial charge in [0.1, 0.15) is 0 Å². The van der Waals surface area contributed by atoms with Crippen LogP contribution in [-0.2, 0) is 0 Å². The van der Waals surface area contributed by atoms with Gasteiger partial charge in [-0.3, -0.25) is 9.59 Å². The van der Waals surface area contributed by atoms with Gasteiger partial charge in [-0.1, -0.05) is 77.1 Å². The number of aryl methyl sites for hydroxylation is 1. The zero-order valence-corrected chi connectivity index (χ0v) is 21.7. The maximum atomic E-state index is 12.9. The molecule has 0 saturated heterocycles. The minimum atomic E-state index is -0.553. The van der Waals surface area contributed by atoms with Gasteiger partial charge in [-0.05, 0) is 60.2 Å². The van der Waals surface area contributed by atoms with Crippen molar-refractivity contribution in [3.63, 3.8) is 0 Å². The van der Waals surface area contributed by atoms with Crippen LogP contribution in [0.4, 0.5) is 0 Å². The third-order valence-electron chi connectivity index (χ3n) is 4.92. The standard InChI is InChI=1S/C24H28N2O2.C3H8O.C2H6/c1-5-7-11-21-17(3)10-9-12-22(21)18-14-19(23(25)27)16-20(15-18)24(28)26(4)13-8-6-2;1-2-3-4;1-2/h5,7,9-12,14-16H,1,6,8,13H2,2-4H3,(H2,25,27);4H,2-3H2,1H3;1-2H3/b11-7-;;. The highest BCUT2D eigenvalue weighted by Crippen LogP contribution is 2.29. The second-order valence-electron chi connectivity index (χ2n) is 7.60. The van der Waals surface area contributed by atoms with Crippen molar-refractivity contribution in [3.8, 4) is 11.1 Å². The van der Waals surface area contributed by atoms with E-state index in [9.17, 15) is 9.59 Å². The van der Waals surface area contributed by atoms with E-state index in [-0.39, 0.29) is 5.91 Å². The number of nitrogens with two attached hydrogens (primary N) is 1. The largest absolute Gasteiger partial charge is 0.396 e. The summed E-state index contributed by atoms with van der Waals surface area (Å²) < 4.78 is 0. The molecule has 0 spiro atoms. The van der Waals surface area contributed by atoms with Crippen LogP contribution in [0.25, 0.3) is 17.2 Å². The first-order chi connectivity index (χ1) is 16.3. The van der Waals surface area contributed by atoms with Crippen molar-refractivity contribution < 1.29 is 14.7 Å². The van der Waals surface area contributed by atoms with Crippen LogP contribution in [0, 0.1) is 6.92 Å². The number of primary amides is 1. The summed E-state index contributed by atoms with van der Waals surface area (Å²) in [6.07, 6.45) is 8.37. The number of amides is 2. The Balaban J connectivity index is 0.00000164. The summed E-state index contributed by atoms with van der Waals surface area (Å²) in [5, 5.41) is 7.88. The Hall–Kier alpha value is -3.18. The number of benzene rings is 2. The van der Waals surface area contributed by atoms with E-state index in [4.69, 9.17) is 10.8 Å². The lowest BCUT2D eigenvalue weighted by Crippen LogP contribution is -2.28. The number of unbranched alkanes of at least 4 members (excludes halogenated alkanes) is 1. The van der Waals surface area contributed by atoms with Crippen molar-refractivity contribution in [2.45, 2.75) is 53.9 Å². The monoisotopic (exact) mass is 466 g/mol. The van der Waals surface area contributed by atoms with Gasteiger partial charge in [0.05, 0.1) is 0 Å². The Bertz CT molecular complexity index is 946. The molecular formula is C29H42N2O3. The van der Waals surface area contributed by atoms with Crippen molar-refractivity contribution in [2.75, 3.05) is 20.2 Å². The highest BCUT2D eigenvalue weighted by atomic mass is 16.2. The fraction of sp³-hybridized carbons (Fsp3) is 0.379. The first-order valence-electron chi connectivity index (χ1n) is 12.0. The van der Waals surface area contributed by atoms with Crippen molar-refractivity contribution in [1.82, 2.24) is 4.90 Å². The summed E-state index contributed by atoms with van der Waals surface area (Å²) >= 11 is 0. The number of aliphatic hydroxyl groups is 1. The lowest BCUT2D eigenvalue weighted by Gasteiger charge is -2.18. The van der Waals surface area contributed by atoms with Gasteiger partial charge < -0.3 is 15.7 Å². The number of hydrogen-bond acceptors (Lipinski definition) is 3. The number of allylic oxidation sites excluding steroid dienone is 2. The number of carbonyl (C=O) groups excluding carboxylic acids is 2. The summed E-state index contributed by atoms with van der Waals surface area (Å²) in [7, 11) is 1.78. The topological polar surface area (TPSA) is 83.6 Å². The molecule has 5 heteroatoms. The van der Waals surface area contributed by atoms with Gasteiger partial charge in [0.15, 0.2) is 0 Å². The molecule has 0 atom stereocenters. The molecule has 2 amide bonds. The fourth-order valence-electron chi connectivity index (χ4n) is 3.08. The minimum absolute atomic E-state index is 0.117. The number of nitrogens with zero attached hydrogens (tertiary/aromatic N) is 1. The lowest BCUT2D eigenvalue weighted by molar-refractivity contribution is 0.0793. The normalized spacial score (nSPS) is 9.97. The maximum Gasteiger partial charge on any atom is 0.253 e. The molecule has 2 aromatic carbocycles. The van der Waals surface area contributed by atoms with E-state index in [1.165, 1.54) is 0 Å². The molecule has 0 fully saturated rings. The molecular weight excluding hydrogens is 424 g/mol. The van der Waals surface area contributed by atoms with Crippen LogP contribution in [0.3, 0.4) is 0 Å². The second kappa shape index (κ2) is 17.3. The fourth-order valence-corrected chi connectivity index (χ4v) is 3.08. The number of rotatable bonds is 9. The predicted molar refractivity (Wildman–Crippen MR) is 145 cm³/mol. The van der Waals surface area contributed by atoms with Gasteiger partial charge in [0.25, 0.3) is 5.91 Å². The molecule has 0 aliphatic rings. The molecule has 3 N–H and O–H groups in total. The predicted octanol–water partition coefficient (Wildman–Crippen LogP) is 6.25. The first kappa shape index (κ1) is 30.8. The van der Waals surface area contributed by atoms with Crippen LogP contribution in [0.1, 0.15) is 78.8 Å². The van der Waals surface area contributed by atoms with Crippen LogP contribution in [0.15, 0.2) is 55.1 Å². The Morgan fingerprint density at radius 2 is 1.71 bits per heavy atom. The Morgan fingerprint density at radius 3 is 2.24 bits per heavy atom. The van der Waals surface area contributed by atoms with Gasteiger partial charge in [-0.25, -0.2) is 0 Å². The van der Waals surface area contributed by atoms with Gasteiger partial charge >= 0.3 is 0 Å². The zero-order valence-electron chi connectivity index (χ0n) is 21.7. The minimum Gasteiger partial charge on any atom is -0.396 e. The molecule has 0 saturated carbocycles. The highest BCUT2D eigenvalue weighted by molar-refractivity contribution is 6.01. The Kier molecular flexibility index (Phi) is 15.7. The van der Waals surface area contributed by atoms with E-state index >= 15 is 0 Å². The number of carbonyl (C=O) groups is 2. The van der Waals surface area contributed by atoms with E-state index in [1.54, 1.807) is 30.2 Å². The summed E-state index contributed by atoms with van der Waals surface area (Å²) in [5.41, 5.74) is 10.2. The van der Waals surface area contributed by atoms with Crippen LogP contribution >= 0.6 is 0 Å². The van der Waals surface area contributed by atoms with Gasteiger partial charge in [-0.2, -0.15) is 0 Å². The first-order valence-corrected chi connectivity index (χ1v) is 12.0. The lowest BCUT2D eigenvalue weighted by atomic mass is 9.92. The van der Waals surface area contributed by atoms with E-state index in [0.717, 1.165) is 41.5 Å². The van der Waals surface area contributed by atoms with Crippen LogP contribution < -0.4 is 5.73 Å². The Morgan fingerprint density at radius 1 is 1.09 bits per heavy atom. The molecule has 2 aromatic rings. The summed E-state index contributed by atoms with van der Waals surface area (Å²) in [6.45, 7) is 14.8. The average Bonchev–Trinajstić information content (AvgIpc) is 2.86. The second-order valence-corrected chi connectivity index (χ2v) is 7.60. The third-order valence-corrected chi connectivity index (χ3v) is 4.92. The average molecular weight is 467 g/mol. The maximum absolute atomic E-state index is 12.9. The van der Waals surface area contributed by atoms with Crippen molar-refractivity contribution in [3.05, 3.63) is 77.4 Å². The van der Waals surface area contributed by atoms with E-state index in [2.05, 4.69) is 13.5 Å². The summed E-state index contributed by atoms with van der Waals surface area (Å²) in [6, 6.07) is 11.1. The number of hydrogen-bond donors (Lipinski definition) is 2. The molecule has 0 bridgehead atoms. The Labute approximate surface area is 206 Å². The van der Waals surface area contributed by atoms with Gasteiger partial charge in [0, 0.05) is 31.3 Å². The van der Waals surface area contributed by atoms with Crippen molar-refractivity contribution >= 4 is 17.9 Å². The van der Waals surface area contributed by atoms with Crippen LogP contribution in [0.2, 0.25) is 0 Å². The van der Waals surface area contributed by atoms with E-state index < -0.39 is 5.91 Å². The van der Waals surface area contributed by atoms with E-state index in [1.807, 2.05) is 64.1 Å². The van der Waals surface area contributed by atoms with Crippen LogP contribution in [0.5, 0.6) is 0 Å². The molecule has 0 aliphatic carbocycles. The van der Waals surface area contributed by atoms with Gasteiger partial charge in [0.2, 0.25) is 5.91 Å². The number of aliphatic hydroxyl groups excluding tert-OH is 1. The third kappa shape index (κ3) is 9.75. The molecule has 5 nitrogen and oxygen atoms in total. The molecule has 2 rings (SSSR count). The zero-order chi connectivity index (χ0) is 26.1. The molecule has 186 valence electrons.